The Morgan fingerprint density at radius 1 is 1.22 bits per heavy atom. The minimum atomic E-state index is -2.99. The molecule has 0 N–H and O–H groups in total. The first kappa shape index (κ1) is 16.9. The molecule has 1 atom stereocenters. The van der Waals surface area contributed by atoms with Crippen LogP contribution in [0.1, 0.15) is 30.0 Å². The van der Waals surface area contributed by atoms with E-state index in [1.165, 1.54) is 16.7 Å². The molecule has 1 spiro atoms. The van der Waals surface area contributed by atoms with E-state index in [-0.39, 0.29) is 5.92 Å². The van der Waals surface area contributed by atoms with Crippen LogP contribution in [0.3, 0.4) is 0 Å². The lowest BCUT2D eigenvalue weighted by Crippen LogP contribution is -2.67. The molecule has 0 amide bonds. The van der Waals surface area contributed by atoms with E-state index in [0.29, 0.717) is 32.1 Å². The zero-order valence-corrected chi connectivity index (χ0v) is 15.2. The molecule has 2 heterocycles. The van der Waals surface area contributed by atoms with Gasteiger partial charge in [0.05, 0.1) is 12.4 Å². The van der Waals surface area contributed by atoms with Gasteiger partial charge in [-0.3, -0.25) is 4.90 Å². The van der Waals surface area contributed by atoms with Crippen LogP contribution in [-0.4, -0.2) is 50.1 Å². The Kier molecular flexibility index (Phi) is 4.55. The molecule has 23 heavy (non-hydrogen) atoms. The molecule has 5 heteroatoms. The van der Waals surface area contributed by atoms with Gasteiger partial charge in [0.2, 0.25) is 0 Å². The summed E-state index contributed by atoms with van der Waals surface area (Å²) in [5.41, 5.74) is 3.80. The third-order valence-corrected chi connectivity index (χ3v) is 7.90. The second-order valence-electron chi connectivity index (χ2n) is 7.17. The van der Waals surface area contributed by atoms with Crippen molar-refractivity contribution < 1.29 is 13.2 Å². The predicted octanol–water partition coefficient (Wildman–Crippen LogP) is 2.33. The van der Waals surface area contributed by atoms with Gasteiger partial charge in [-0.15, -0.1) is 0 Å². The number of hydrogen-bond acceptors (Lipinski definition) is 4. The van der Waals surface area contributed by atoms with Crippen LogP contribution in [-0.2, 0) is 21.1 Å². The van der Waals surface area contributed by atoms with E-state index >= 15 is 0 Å². The molecule has 1 aromatic rings. The normalized spacial score (nSPS) is 25.6. The summed E-state index contributed by atoms with van der Waals surface area (Å²) in [6, 6.07) is 6.55. The molecule has 4 nitrogen and oxygen atoms in total. The Morgan fingerprint density at radius 3 is 2.48 bits per heavy atom. The summed E-state index contributed by atoms with van der Waals surface area (Å²) in [5.74, 6) is 0.477. The molecule has 2 saturated heterocycles. The van der Waals surface area contributed by atoms with Gasteiger partial charge in [-0.25, -0.2) is 8.42 Å². The van der Waals surface area contributed by atoms with Crippen LogP contribution >= 0.6 is 0 Å². The van der Waals surface area contributed by atoms with Gasteiger partial charge in [-0.1, -0.05) is 29.3 Å². The first-order chi connectivity index (χ1) is 10.9. The average Bonchev–Trinajstić information content (AvgIpc) is 2.67. The van der Waals surface area contributed by atoms with Crippen molar-refractivity contribution in [1.82, 2.24) is 4.90 Å². The van der Waals surface area contributed by atoms with Gasteiger partial charge in [0.15, 0.2) is 9.84 Å². The van der Waals surface area contributed by atoms with Crippen molar-refractivity contribution in [2.45, 2.75) is 38.5 Å². The Hall–Kier alpha value is -0.910. The van der Waals surface area contributed by atoms with E-state index in [1.54, 1.807) is 0 Å². The van der Waals surface area contributed by atoms with E-state index in [1.807, 2.05) is 6.92 Å². The van der Waals surface area contributed by atoms with Crippen molar-refractivity contribution in [2.24, 2.45) is 5.92 Å². The molecule has 3 rings (SSSR count). The third-order valence-electron chi connectivity index (χ3n) is 5.29. The van der Waals surface area contributed by atoms with Gasteiger partial charge in [0.1, 0.15) is 4.75 Å². The monoisotopic (exact) mass is 337 g/mol. The minimum absolute atomic E-state index is 0.156. The first-order valence-corrected chi connectivity index (χ1v) is 10.1. The molecule has 128 valence electrons. The number of hydrogen-bond donors (Lipinski definition) is 0. The maximum absolute atomic E-state index is 12.6. The van der Waals surface area contributed by atoms with Gasteiger partial charge in [0, 0.05) is 32.2 Å². The molecule has 0 aromatic heterocycles. The van der Waals surface area contributed by atoms with E-state index in [4.69, 9.17) is 4.74 Å². The maximum atomic E-state index is 12.6. The van der Waals surface area contributed by atoms with Crippen molar-refractivity contribution in [2.75, 3.05) is 32.1 Å². The molecular formula is C18H27NO3S. The smallest absolute Gasteiger partial charge is 0.158 e. The van der Waals surface area contributed by atoms with Gasteiger partial charge in [0.25, 0.3) is 0 Å². The standard InChI is InChI=1S/C18H27NO3S/c1-4-22-11-17-5-6-23(20,21)18(17)12-19(13-18)10-16-8-14(2)7-15(3)9-16/h7-9,17H,4-6,10-13H2,1-3H3. The fraction of sp³-hybridized carbons (Fsp3) is 0.667. The van der Waals surface area contributed by atoms with E-state index in [0.717, 1.165) is 13.0 Å². The Labute approximate surface area is 139 Å². The van der Waals surface area contributed by atoms with Gasteiger partial charge >= 0.3 is 0 Å². The fourth-order valence-electron chi connectivity index (χ4n) is 4.21. The van der Waals surface area contributed by atoms with Crippen molar-refractivity contribution in [3.63, 3.8) is 0 Å². The summed E-state index contributed by atoms with van der Waals surface area (Å²) in [7, 11) is -2.99. The molecule has 2 aliphatic rings. The molecule has 0 aliphatic carbocycles. The highest BCUT2D eigenvalue weighted by Crippen LogP contribution is 2.45. The van der Waals surface area contributed by atoms with Crippen LogP contribution in [0.5, 0.6) is 0 Å². The highest BCUT2D eigenvalue weighted by Gasteiger charge is 2.61. The van der Waals surface area contributed by atoms with E-state index in [9.17, 15) is 8.42 Å². The number of sulfone groups is 1. The molecule has 1 aromatic carbocycles. The Balaban J connectivity index is 1.69. The Bertz CT molecular complexity index is 657. The van der Waals surface area contributed by atoms with Crippen molar-refractivity contribution >= 4 is 9.84 Å². The molecule has 0 saturated carbocycles. The largest absolute Gasteiger partial charge is 0.381 e. The van der Waals surface area contributed by atoms with Crippen LogP contribution in [0.4, 0.5) is 0 Å². The molecular weight excluding hydrogens is 310 g/mol. The Morgan fingerprint density at radius 2 is 1.87 bits per heavy atom. The predicted molar refractivity (Wildman–Crippen MR) is 92.3 cm³/mol. The highest BCUT2D eigenvalue weighted by atomic mass is 32.2. The number of rotatable bonds is 5. The lowest BCUT2D eigenvalue weighted by atomic mass is 9.83. The van der Waals surface area contributed by atoms with Gasteiger partial charge < -0.3 is 4.74 Å². The zero-order valence-electron chi connectivity index (χ0n) is 14.3. The summed E-state index contributed by atoms with van der Waals surface area (Å²) in [4.78, 5) is 2.26. The SMILES string of the molecule is CCOCC1CCS(=O)(=O)C12CN(Cc1cc(C)cc(C)c1)C2. The highest BCUT2D eigenvalue weighted by molar-refractivity contribution is 7.93. The van der Waals surface area contributed by atoms with Crippen molar-refractivity contribution in [3.05, 3.63) is 34.9 Å². The van der Waals surface area contributed by atoms with E-state index < -0.39 is 14.6 Å². The quantitative estimate of drug-likeness (QED) is 0.827. The summed E-state index contributed by atoms with van der Waals surface area (Å²) in [6.07, 6.45) is 0.750. The second kappa shape index (κ2) is 6.19. The van der Waals surface area contributed by atoms with Crippen LogP contribution in [0.15, 0.2) is 18.2 Å². The second-order valence-corrected chi connectivity index (χ2v) is 9.62. The summed E-state index contributed by atoms with van der Waals surface area (Å²) in [5, 5.41) is 0. The maximum Gasteiger partial charge on any atom is 0.158 e. The van der Waals surface area contributed by atoms with Crippen molar-refractivity contribution in [3.8, 4) is 0 Å². The van der Waals surface area contributed by atoms with Crippen LogP contribution in [0, 0.1) is 19.8 Å². The number of ether oxygens (including phenoxy) is 1. The topological polar surface area (TPSA) is 46.6 Å². The summed E-state index contributed by atoms with van der Waals surface area (Å²) in [6.45, 7) is 9.54. The molecule has 0 radical (unpaired) electrons. The van der Waals surface area contributed by atoms with Crippen molar-refractivity contribution in [1.29, 1.82) is 0 Å². The number of nitrogens with zero attached hydrogens (tertiary/aromatic N) is 1. The lowest BCUT2D eigenvalue weighted by molar-refractivity contribution is 0.0292. The fourth-order valence-corrected chi connectivity index (χ4v) is 6.66. The van der Waals surface area contributed by atoms with Gasteiger partial charge in [-0.2, -0.15) is 0 Å². The summed E-state index contributed by atoms with van der Waals surface area (Å²) < 4.78 is 30.1. The molecule has 2 fully saturated rings. The van der Waals surface area contributed by atoms with Gasteiger partial charge in [-0.05, 0) is 32.8 Å². The third kappa shape index (κ3) is 3.06. The van der Waals surface area contributed by atoms with Crippen LogP contribution in [0.2, 0.25) is 0 Å². The number of aryl methyl sites for hydroxylation is 2. The zero-order chi connectivity index (χ0) is 16.7. The molecule has 0 bridgehead atoms. The minimum Gasteiger partial charge on any atom is -0.381 e. The van der Waals surface area contributed by atoms with Crippen LogP contribution in [0.25, 0.3) is 0 Å². The lowest BCUT2D eigenvalue weighted by Gasteiger charge is -2.50. The average molecular weight is 337 g/mol. The number of benzene rings is 1. The molecule has 1 unspecified atom stereocenters. The van der Waals surface area contributed by atoms with Crippen LogP contribution < -0.4 is 0 Å². The number of likely N-dealkylation sites (tertiary alicyclic amines) is 1. The first-order valence-electron chi connectivity index (χ1n) is 8.46. The molecule has 2 aliphatic heterocycles. The van der Waals surface area contributed by atoms with E-state index in [2.05, 4.69) is 36.9 Å². The summed E-state index contributed by atoms with van der Waals surface area (Å²) >= 11 is 0.